The van der Waals surface area contributed by atoms with E-state index in [-0.39, 0.29) is 30.7 Å². The van der Waals surface area contributed by atoms with Crippen molar-refractivity contribution in [2.45, 2.75) is 19.3 Å². The molecule has 1 aromatic carbocycles. The number of rotatable bonds is 4. The van der Waals surface area contributed by atoms with E-state index in [1.807, 2.05) is 35.2 Å². The number of halogens is 2. The van der Waals surface area contributed by atoms with Crippen molar-refractivity contribution < 1.29 is 9.21 Å². The standard InChI is InChI=1S/C17H21N3O2.2ClH/c21-17(20-11-4-9-18-10-12-20)8-7-16-19-13-15(22-16)14-5-2-1-3-6-14;;/h1-3,5-6,13,18H,4,7-12H2;2*1H. The van der Waals surface area contributed by atoms with Crippen molar-refractivity contribution in [3.05, 3.63) is 42.4 Å². The Balaban J connectivity index is 0.00000144. The molecule has 0 aliphatic carbocycles. The van der Waals surface area contributed by atoms with E-state index in [1.54, 1.807) is 6.20 Å². The summed E-state index contributed by atoms with van der Waals surface area (Å²) in [6, 6.07) is 9.87. The lowest BCUT2D eigenvalue weighted by Crippen LogP contribution is -2.34. The molecule has 0 spiro atoms. The third-order valence-electron chi connectivity index (χ3n) is 3.86. The second-order valence-corrected chi connectivity index (χ2v) is 5.47. The highest BCUT2D eigenvalue weighted by Gasteiger charge is 2.16. The van der Waals surface area contributed by atoms with Gasteiger partial charge in [-0.25, -0.2) is 4.98 Å². The molecule has 5 nitrogen and oxygen atoms in total. The first-order valence-corrected chi connectivity index (χ1v) is 7.81. The van der Waals surface area contributed by atoms with E-state index in [1.165, 1.54) is 0 Å². The number of amides is 1. The Morgan fingerprint density at radius 2 is 1.96 bits per heavy atom. The van der Waals surface area contributed by atoms with Crippen LogP contribution in [0.3, 0.4) is 0 Å². The fourth-order valence-electron chi connectivity index (χ4n) is 2.63. The highest BCUT2D eigenvalue weighted by atomic mass is 35.5. The zero-order valence-electron chi connectivity index (χ0n) is 13.4. The Kier molecular flexibility index (Phi) is 8.82. The van der Waals surface area contributed by atoms with Gasteiger partial charge in [0.05, 0.1) is 6.20 Å². The number of benzene rings is 1. The van der Waals surface area contributed by atoms with E-state index in [9.17, 15) is 4.79 Å². The molecule has 2 heterocycles. The Morgan fingerprint density at radius 3 is 2.75 bits per heavy atom. The largest absolute Gasteiger partial charge is 0.441 e. The SMILES string of the molecule is Cl.Cl.O=C(CCc1ncc(-c2ccccc2)o1)N1CCCNCC1. The maximum Gasteiger partial charge on any atom is 0.223 e. The molecule has 2 aromatic rings. The summed E-state index contributed by atoms with van der Waals surface area (Å²) >= 11 is 0. The summed E-state index contributed by atoms with van der Waals surface area (Å²) in [4.78, 5) is 18.4. The minimum atomic E-state index is 0. The van der Waals surface area contributed by atoms with Crippen LogP contribution in [-0.2, 0) is 11.2 Å². The smallest absolute Gasteiger partial charge is 0.223 e. The Morgan fingerprint density at radius 1 is 1.17 bits per heavy atom. The predicted octanol–water partition coefficient (Wildman–Crippen LogP) is 2.94. The van der Waals surface area contributed by atoms with Crippen molar-refractivity contribution in [3.63, 3.8) is 0 Å². The number of nitrogens with zero attached hydrogens (tertiary/aromatic N) is 2. The topological polar surface area (TPSA) is 58.4 Å². The normalized spacial score (nSPS) is 14.2. The van der Waals surface area contributed by atoms with Crippen LogP contribution in [0.15, 0.2) is 40.9 Å². The van der Waals surface area contributed by atoms with Crippen LogP contribution >= 0.6 is 24.8 Å². The maximum absolute atomic E-state index is 12.2. The van der Waals surface area contributed by atoms with Gasteiger partial charge in [0.15, 0.2) is 11.7 Å². The summed E-state index contributed by atoms with van der Waals surface area (Å²) in [7, 11) is 0. The summed E-state index contributed by atoms with van der Waals surface area (Å²) in [5, 5.41) is 3.30. The molecule has 1 aliphatic rings. The van der Waals surface area contributed by atoms with Crippen LogP contribution in [0, 0.1) is 0 Å². The molecular formula is C17H23Cl2N3O2. The van der Waals surface area contributed by atoms with Gasteiger partial charge in [0.25, 0.3) is 0 Å². The molecule has 1 fully saturated rings. The molecule has 0 saturated carbocycles. The van der Waals surface area contributed by atoms with E-state index < -0.39 is 0 Å². The Hall–Kier alpha value is -1.56. The average Bonchev–Trinajstić information content (AvgIpc) is 2.87. The molecule has 0 unspecified atom stereocenters. The number of aryl methyl sites for hydroxylation is 1. The number of carbonyl (C=O) groups excluding carboxylic acids is 1. The van der Waals surface area contributed by atoms with Gasteiger partial charge in [0.2, 0.25) is 5.91 Å². The van der Waals surface area contributed by atoms with E-state index in [0.29, 0.717) is 18.7 Å². The minimum Gasteiger partial charge on any atom is -0.441 e. The maximum atomic E-state index is 12.2. The number of hydrogen-bond donors (Lipinski definition) is 1. The first kappa shape index (κ1) is 20.5. The van der Waals surface area contributed by atoms with Gasteiger partial charge in [-0.1, -0.05) is 30.3 Å². The molecule has 1 aliphatic heterocycles. The Labute approximate surface area is 154 Å². The fraction of sp³-hybridized carbons (Fsp3) is 0.412. The quantitative estimate of drug-likeness (QED) is 0.897. The van der Waals surface area contributed by atoms with Crippen LogP contribution in [0.4, 0.5) is 0 Å². The second kappa shape index (κ2) is 10.3. The summed E-state index contributed by atoms with van der Waals surface area (Å²) in [6.45, 7) is 3.50. The van der Waals surface area contributed by atoms with Gasteiger partial charge >= 0.3 is 0 Å². The zero-order chi connectivity index (χ0) is 15.2. The third kappa shape index (κ3) is 5.51. The van der Waals surface area contributed by atoms with Gasteiger partial charge in [-0.2, -0.15) is 0 Å². The van der Waals surface area contributed by atoms with Crippen LogP contribution in [0.25, 0.3) is 11.3 Å². The average molecular weight is 372 g/mol. The van der Waals surface area contributed by atoms with E-state index >= 15 is 0 Å². The summed E-state index contributed by atoms with van der Waals surface area (Å²) in [5.41, 5.74) is 1.01. The molecule has 1 N–H and O–H groups in total. The van der Waals surface area contributed by atoms with Crippen molar-refractivity contribution in [2.75, 3.05) is 26.2 Å². The number of oxazole rings is 1. The van der Waals surface area contributed by atoms with Gasteiger partial charge in [0.1, 0.15) is 0 Å². The summed E-state index contributed by atoms with van der Waals surface area (Å²) in [6.07, 6.45) is 3.75. The third-order valence-corrected chi connectivity index (χ3v) is 3.86. The van der Waals surface area contributed by atoms with Crippen LogP contribution in [0.5, 0.6) is 0 Å². The predicted molar refractivity (Wildman–Crippen MR) is 98.8 cm³/mol. The zero-order valence-corrected chi connectivity index (χ0v) is 15.1. The molecule has 24 heavy (non-hydrogen) atoms. The highest BCUT2D eigenvalue weighted by molar-refractivity contribution is 5.85. The van der Waals surface area contributed by atoms with Gasteiger partial charge in [0, 0.05) is 38.0 Å². The lowest BCUT2D eigenvalue weighted by atomic mass is 10.2. The van der Waals surface area contributed by atoms with Crippen molar-refractivity contribution >= 4 is 30.7 Å². The van der Waals surface area contributed by atoms with Crippen molar-refractivity contribution in [1.82, 2.24) is 15.2 Å². The number of aromatic nitrogens is 1. The van der Waals surface area contributed by atoms with Crippen molar-refractivity contribution in [2.24, 2.45) is 0 Å². The molecule has 0 bridgehead atoms. The van der Waals surface area contributed by atoms with E-state index in [0.717, 1.165) is 43.9 Å². The lowest BCUT2D eigenvalue weighted by Gasteiger charge is -2.19. The van der Waals surface area contributed by atoms with Crippen LogP contribution in [0.1, 0.15) is 18.7 Å². The monoisotopic (exact) mass is 371 g/mol. The van der Waals surface area contributed by atoms with Crippen molar-refractivity contribution in [1.29, 1.82) is 0 Å². The number of nitrogens with one attached hydrogen (secondary N) is 1. The fourth-order valence-corrected chi connectivity index (χ4v) is 2.63. The molecule has 1 aromatic heterocycles. The van der Waals surface area contributed by atoms with Crippen molar-refractivity contribution in [3.8, 4) is 11.3 Å². The van der Waals surface area contributed by atoms with Gasteiger partial charge in [-0.15, -0.1) is 24.8 Å². The van der Waals surface area contributed by atoms with Gasteiger partial charge in [-0.05, 0) is 13.0 Å². The molecule has 1 saturated heterocycles. The Bertz CT molecular complexity index is 611. The van der Waals surface area contributed by atoms with E-state index in [4.69, 9.17) is 4.42 Å². The molecule has 0 radical (unpaired) electrons. The number of carbonyl (C=O) groups is 1. The highest BCUT2D eigenvalue weighted by Crippen LogP contribution is 2.20. The molecule has 0 atom stereocenters. The van der Waals surface area contributed by atoms with Crippen LogP contribution in [0.2, 0.25) is 0 Å². The molecular weight excluding hydrogens is 349 g/mol. The molecule has 1 amide bonds. The van der Waals surface area contributed by atoms with E-state index in [2.05, 4.69) is 10.3 Å². The lowest BCUT2D eigenvalue weighted by molar-refractivity contribution is -0.131. The van der Waals surface area contributed by atoms with Crippen LogP contribution in [-0.4, -0.2) is 42.0 Å². The van der Waals surface area contributed by atoms with Gasteiger partial charge in [-0.3, -0.25) is 4.79 Å². The van der Waals surface area contributed by atoms with Crippen LogP contribution < -0.4 is 5.32 Å². The molecule has 132 valence electrons. The summed E-state index contributed by atoms with van der Waals surface area (Å²) in [5.74, 6) is 1.56. The number of hydrogen-bond acceptors (Lipinski definition) is 4. The minimum absolute atomic E-state index is 0. The van der Waals surface area contributed by atoms with Gasteiger partial charge < -0.3 is 14.6 Å². The molecule has 7 heteroatoms. The first-order chi connectivity index (χ1) is 10.8. The second-order valence-electron chi connectivity index (χ2n) is 5.47. The first-order valence-electron chi connectivity index (χ1n) is 7.81. The summed E-state index contributed by atoms with van der Waals surface area (Å²) < 4.78 is 5.74. The molecule has 3 rings (SSSR count).